The van der Waals surface area contributed by atoms with Gasteiger partial charge in [0, 0.05) is 13.1 Å². The Morgan fingerprint density at radius 3 is 2.33 bits per heavy atom. The number of anilines is 1. The minimum Gasteiger partial charge on any atom is -0.484 e. The third-order valence-electron chi connectivity index (χ3n) is 4.98. The number of carbonyl (C=O) groups is 3. The van der Waals surface area contributed by atoms with E-state index >= 15 is 0 Å². The van der Waals surface area contributed by atoms with E-state index in [1.54, 1.807) is 23.1 Å². The van der Waals surface area contributed by atoms with Crippen molar-refractivity contribution in [2.24, 2.45) is 11.5 Å². The minimum absolute atomic E-state index is 0.0206. The maximum absolute atomic E-state index is 12.2. The van der Waals surface area contributed by atoms with Gasteiger partial charge in [0.25, 0.3) is 11.8 Å². The van der Waals surface area contributed by atoms with Crippen LogP contribution in [0.15, 0.2) is 54.7 Å². The molecule has 0 aliphatic rings. The second kappa shape index (κ2) is 10.3. The molecule has 0 unspecified atom stereocenters. The maximum Gasteiger partial charge on any atom is 0.316 e. The standard InChI is InChI=1S/C23H26N6O4/c1-3-28(4-2)20(30)14-33-18-7-5-6-16(12-18)15-8-10-17(11-9-15)29-13-19(26-23(25)32)21(27-29)22(24)31/h5-13H,3-4,14H2,1-2H3,(H2,24,31)(H3,25,26,32). The summed E-state index contributed by atoms with van der Waals surface area (Å²) in [5, 5.41) is 6.47. The number of hydrogen-bond acceptors (Lipinski definition) is 5. The highest BCUT2D eigenvalue weighted by molar-refractivity contribution is 6.00. The summed E-state index contributed by atoms with van der Waals surface area (Å²) in [6.07, 6.45) is 1.46. The first-order valence-electron chi connectivity index (χ1n) is 10.4. The number of rotatable bonds is 9. The second-order valence-corrected chi connectivity index (χ2v) is 7.12. The van der Waals surface area contributed by atoms with E-state index < -0.39 is 11.9 Å². The van der Waals surface area contributed by atoms with Crippen molar-refractivity contribution in [2.45, 2.75) is 13.8 Å². The van der Waals surface area contributed by atoms with E-state index in [2.05, 4.69) is 10.4 Å². The van der Waals surface area contributed by atoms with Crippen LogP contribution < -0.4 is 21.5 Å². The largest absolute Gasteiger partial charge is 0.484 e. The van der Waals surface area contributed by atoms with Crippen molar-refractivity contribution in [3.8, 4) is 22.6 Å². The third kappa shape index (κ3) is 5.67. The molecule has 1 aromatic heterocycles. The number of nitrogens with one attached hydrogen (secondary N) is 1. The van der Waals surface area contributed by atoms with E-state index in [1.165, 1.54) is 10.9 Å². The first kappa shape index (κ1) is 23.3. The lowest BCUT2D eigenvalue weighted by Crippen LogP contribution is -2.34. The number of amides is 4. The molecule has 0 aliphatic heterocycles. The molecule has 5 N–H and O–H groups in total. The van der Waals surface area contributed by atoms with Crippen molar-refractivity contribution in [1.29, 1.82) is 0 Å². The van der Waals surface area contributed by atoms with E-state index in [0.717, 1.165) is 11.1 Å². The Kier molecular flexibility index (Phi) is 7.29. The monoisotopic (exact) mass is 450 g/mol. The van der Waals surface area contributed by atoms with Gasteiger partial charge in [-0.1, -0.05) is 24.3 Å². The SMILES string of the molecule is CCN(CC)C(=O)COc1cccc(-c2ccc(-n3cc(NC(N)=O)c(C(N)=O)n3)cc2)c1. The molecule has 3 rings (SSSR count). The van der Waals surface area contributed by atoms with Crippen LogP contribution in [0.25, 0.3) is 16.8 Å². The first-order valence-corrected chi connectivity index (χ1v) is 10.4. The highest BCUT2D eigenvalue weighted by Gasteiger charge is 2.16. The first-order chi connectivity index (χ1) is 15.8. The lowest BCUT2D eigenvalue weighted by molar-refractivity contribution is -0.132. The van der Waals surface area contributed by atoms with E-state index in [1.807, 2.05) is 44.2 Å². The van der Waals surface area contributed by atoms with E-state index in [9.17, 15) is 14.4 Å². The van der Waals surface area contributed by atoms with Crippen molar-refractivity contribution in [3.63, 3.8) is 0 Å². The molecule has 0 spiro atoms. The number of ether oxygens (including phenoxy) is 1. The number of primary amides is 2. The van der Waals surface area contributed by atoms with Crippen LogP contribution in [0.1, 0.15) is 24.3 Å². The van der Waals surface area contributed by atoms with Gasteiger partial charge in [-0.2, -0.15) is 5.10 Å². The van der Waals surface area contributed by atoms with Crippen molar-refractivity contribution in [2.75, 3.05) is 25.0 Å². The van der Waals surface area contributed by atoms with Crippen molar-refractivity contribution >= 4 is 23.5 Å². The number of likely N-dealkylation sites (N-methyl/N-ethyl adjacent to an activating group) is 1. The summed E-state index contributed by atoms with van der Waals surface area (Å²) >= 11 is 0. The number of urea groups is 1. The zero-order chi connectivity index (χ0) is 24.0. The predicted molar refractivity (Wildman–Crippen MR) is 124 cm³/mol. The molecule has 0 atom stereocenters. The number of nitrogens with zero attached hydrogens (tertiary/aromatic N) is 3. The summed E-state index contributed by atoms with van der Waals surface area (Å²) in [6, 6.07) is 14.0. The van der Waals surface area contributed by atoms with E-state index in [0.29, 0.717) is 24.5 Å². The summed E-state index contributed by atoms with van der Waals surface area (Å²) in [5.41, 5.74) is 13.0. The third-order valence-corrected chi connectivity index (χ3v) is 4.98. The van der Waals surface area contributed by atoms with Crippen LogP contribution in [0.5, 0.6) is 5.75 Å². The predicted octanol–water partition coefficient (Wildman–Crippen LogP) is 2.38. The fraction of sp³-hybridized carbons (Fsp3) is 0.217. The van der Waals surface area contributed by atoms with Gasteiger partial charge in [0.05, 0.1) is 17.6 Å². The topological polar surface area (TPSA) is 146 Å². The van der Waals surface area contributed by atoms with Crippen LogP contribution in [-0.2, 0) is 4.79 Å². The summed E-state index contributed by atoms with van der Waals surface area (Å²) in [7, 11) is 0. The molecule has 0 saturated heterocycles. The number of benzene rings is 2. The van der Waals surface area contributed by atoms with Gasteiger partial charge in [-0.25, -0.2) is 9.48 Å². The molecular weight excluding hydrogens is 424 g/mol. The van der Waals surface area contributed by atoms with Crippen LogP contribution in [0.4, 0.5) is 10.5 Å². The Labute approximate surface area is 191 Å². The molecule has 0 fully saturated rings. The summed E-state index contributed by atoms with van der Waals surface area (Å²) in [6.45, 7) is 5.12. The highest BCUT2D eigenvalue weighted by atomic mass is 16.5. The van der Waals surface area contributed by atoms with Crippen LogP contribution in [0.2, 0.25) is 0 Å². The Morgan fingerprint density at radius 1 is 1.03 bits per heavy atom. The van der Waals surface area contributed by atoms with Gasteiger partial charge in [0.1, 0.15) is 5.75 Å². The summed E-state index contributed by atoms with van der Waals surface area (Å²) < 4.78 is 7.11. The van der Waals surface area contributed by atoms with Crippen LogP contribution >= 0.6 is 0 Å². The highest BCUT2D eigenvalue weighted by Crippen LogP contribution is 2.26. The molecule has 0 radical (unpaired) electrons. The van der Waals surface area contributed by atoms with Crippen molar-refractivity contribution < 1.29 is 19.1 Å². The summed E-state index contributed by atoms with van der Waals surface area (Å²) in [5.74, 6) is -0.252. The molecular formula is C23H26N6O4. The minimum atomic E-state index is -0.826. The molecule has 3 aromatic rings. The molecule has 4 amide bonds. The van der Waals surface area contributed by atoms with Gasteiger partial charge >= 0.3 is 6.03 Å². The van der Waals surface area contributed by atoms with Crippen LogP contribution in [-0.4, -0.2) is 52.2 Å². The molecule has 0 aliphatic carbocycles. The Balaban J connectivity index is 1.77. The fourth-order valence-corrected chi connectivity index (χ4v) is 3.30. The number of nitrogens with two attached hydrogens (primary N) is 2. The lowest BCUT2D eigenvalue weighted by atomic mass is 10.1. The van der Waals surface area contributed by atoms with Crippen molar-refractivity contribution in [3.05, 3.63) is 60.4 Å². The van der Waals surface area contributed by atoms with Crippen molar-refractivity contribution in [1.82, 2.24) is 14.7 Å². The molecule has 10 nitrogen and oxygen atoms in total. The van der Waals surface area contributed by atoms with Gasteiger partial charge in [-0.3, -0.25) is 9.59 Å². The quantitative estimate of drug-likeness (QED) is 0.458. The molecule has 1 heterocycles. The molecule has 33 heavy (non-hydrogen) atoms. The Bertz CT molecular complexity index is 1150. The maximum atomic E-state index is 12.2. The molecule has 172 valence electrons. The van der Waals surface area contributed by atoms with Crippen LogP contribution in [0.3, 0.4) is 0 Å². The molecule has 2 aromatic carbocycles. The van der Waals surface area contributed by atoms with E-state index in [-0.39, 0.29) is 23.9 Å². The fourth-order valence-electron chi connectivity index (χ4n) is 3.30. The van der Waals surface area contributed by atoms with Gasteiger partial charge in [0.2, 0.25) is 0 Å². The average molecular weight is 450 g/mol. The lowest BCUT2D eigenvalue weighted by Gasteiger charge is -2.18. The number of aromatic nitrogens is 2. The summed E-state index contributed by atoms with van der Waals surface area (Å²) in [4.78, 5) is 36.6. The Morgan fingerprint density at radius 2 is 1.73 bits per heavy atom. The van der Waals surface area contributed by atoms with Gasteiger partial charge in [0.15, 0.2) is 12.3 Å². The smallest absolute Gasteiger partial charge is 0.316 e. The normalized spacial score (nSPS) is 10.5. The molecule has 10 heteroatoms. The number of hydrogen-bond donors (Lipinski definition) is 3. The van der Waals surface area contributed by atoms with Gasteiger partial charge in [-0.15, -0.1) is 0 Å². The van der Waals surface area contributed by atoms with Gasteiger partial charge < -0.3 is 26.4 Å². The molecule has 0 bridgehead atoms. The van der Waals surface area contributed by atoms with E-state index in [4.69, 9.17) is 16.2 Å². The second-order valence-electron chi connectivity index (χ2n) is 7.12. The molecule has 0 saturated carbocycles. The van der Waals surface area contributed by atoms with Crippen LogP contribution in [0, 0.1) is 0 Å². The van der Waals surface area contributed by atoms with Gasteiger partial charge in [-0.05, 0) is 49.2 Å². The zero-order valence-corrected chi connectivity index (χ0v) is 18.4. The average Bonchev–Trinajstić information content (AvgIpc) is 3.22. The Hall–Kier alpha value is -4.34. The zero-order valence-electron chi connectivity index (χ0n) is 18.4. The number of carbonyl (C=O) groups excluding carboxylic acids is 3.